The van der Waals surface area contributed by atoms with E-state index in [2.05, 4.69) is 22.9 Å². The van der Waals surface area contributed by atoms with Crippen LogP contribution in [0.3, 0.4) is 0 Å². The predicted molar refractivity (Wildman–Crippen MR) is 75.6 cm³/mol. The van der Waals surface area contributed by atoms with Crippen molar-refractivity contribution in [2.24, 2.45) is 5.92 Å². The van der Waals surface area contributed by atoms with Crippen molar-refractivity contribution in [3.63, 3.8) is 0 Å². The molecule has 3 rings (SSSR count). The van der Waals surface area contributed by atoms with E-state index in [1.165, 1.54) is 12.1 Å². The molecule has 1 fully saturated rings. The van der Waals surface area contributed by atoms with Gasteiger partial charge in [-0.3, -0.25) is 4.79 Å². The number of fused-ring (bicyclic) bond motifs is 4. The fourth-order valence-corrected chi connectivity index (χ4v) is 3.57. The number of hydrogen-bond donors (Lipinski definition) is 1. The molecule has 3 heterocycles. The van der Waals surface area contributed by atoms with Gasteiger partial charge in [-0.25, -0.2) is 0 Å². The van der Waals surface area contributed by atoms with Crippen LogP contribution in [-0.2, 0) is 0 Å². The van der Waals surface area contributed by atoms with Crippen LogP contribution in [-0.4, -0.2) is 17.7 Å². The third-order valence-electron chi connectivity index (χ3n) is 4.28. The Morgan fingerprint density at radius 2 is 2.22 bits per heavy atom. The molecular formula is C14H21ClN2O. The molecule has 18 heavy (non-hydrogen) atoms. The van der Waals surface area contributed by atoms with Crippen LogP contribution in [0.4, 0.5) is 0 Å². The van der Waals surface area contributed by atoms with Gasteiger partial charge >= 0.3 is 0 Å². The minimum atomic E-state index is 0. The van der Waals surface area contributed by atoms with Crippen LogP contribution in [0.1, 0.15) is 43.8 Å². The number of aromatic nitrogens is 1. The van der Waals surface area contributed by atoms with Crippen LogP contribution < -0.4 is 10.9 Å². The second kappa shape index (κ2) is 5.45. The van der Waals surface area contributed by atoms with E-state index < -0.39 is 0 Å². The highest BCUT2D eigenvalue weighted by Gasteiger charge is 2.36. The molecule has 4 heteroatoms. The molecule has 100 valence electrons. The summed E-state index contributed by atoms with van der Waals surface area (Å²) >= 11 is 0. The molecular weight excluding hydrogens is 248 g/mol. The van der Waals surface area contributed by atoms with Crippen LogP contribution in [0.2, 0.25) is 0 Å². The maximum atomic E-state index is 12.1. The number of pyridine rings is 1. The standard InChI is InChI=1S/C14H20N2O.ClH/c1-2-4-12-10-7-11(9-15-8-10)13-5-3-6-14(17)16(12)13;/h3,5-6,10-12,15H,2,4,7-9H2,1H3;1H/t10-,11+,12-;/m0./s1. The molecule has 1 aromatic rings. The maximum absolute atomic E-state index is 12.1. The molecule has 1 saturated heterocycles. The van der Waals surface area contributed by atoms with Crippen molar-refractivity contribution in [3.8, 4) is 0 Å². The molecule has 0 spiro atoms. The first kappa shape index (κ1) is 13.6. The van der Waals surface area contributed by atoms with Crippen molar-refractivity contribution in [2.75, 3.05) is 13.1 Å². The molecule has 0 aliphatic carbocycles. The van der Waals surface area contributed by atoms with E-state index in [-0.39, 0.29) is 18.0 Å². The van der Waals surface area contributed by atoms with Gasteiger partial charge in [0.25, 0.3) is 5.56 Å². The first-order chi connectivity index (χ1) is 8.31. The quantitative estimate of drug-likeness (QED) is 0.893. The van der Waals surface area contributed by atoms with Gasteiger partial charge in [0.15, 0.2) is 0 Å². The van der Waals surface area contributed by atoms with Gasteiger partial charge in [0.2, 0.25) is 0 Å². The van der Waals surface area contributed by atoms with Crippen LogP contribution in [0.15, 0.2) is 23.0 Å². The molecule has 0 aromatic carbocycles. The summed E-state index contributed by atoms with van der Waals surface area (Å²) in [7, 11) is 0. The van der Waals surface area contributed by atoms with E-state index in [9.17, 15) is 4.79 Å². The number of rotatable bonds is 2. The zero-order chi connectivity index (χ0) is 11.8. The average Bonchev–Trinajstić information content (AvgIpc) is 2.35. The lowest BCUT2D eigenvalue weighted by Crippen LogP contribution is -2.47. The lowest BCUT2D eigenvalue weighted by Gasteiger charge is -2.43. The number of piperidine rings is 1. The molecule has 3 atom stereocenters. The predicted octanol–water partition coefficient (Wildman–Crippen LogP) is 2.32. The van der Waals surface area contributed by atoms with Gasteiger partial charge in [0.05, 0.1) is 0 Å². The van der Waals surface area contributed by atoms with Crippen molar-refractivity contribution >= 4 is 12.4 Å². The van der Waals surface area contributed by atoms with Crippen LogP contribution in [0, 0.1) is 5.92 Å². The Morgan fingerprint density at radius 1 is 1.39 bits per heavy atom. The molecule has 0 amide bonds. The van der Waals surface area contributed by atoms with Crippen LogP contribution in [0.5, 0.6) is 0 Å². The molecule has 1 N–H and O–H groups in total. The van der Waals surface area contributed by atoms with Crippen molar-refractivity contribution in [1.82, 2.24) is 9.88 Å². The van der Waals surface area contributed by atoms with Crippen molar-refractivity contribution in [3.05, 3.63) is 34.2 Å². The van der Waals surface area contributed by atoms with Crippen molar-refractivity contribution < 1.29 is 0 Å². The van der Waals surface area contributed by atoms with Crippen molar-refractivity contribution in [1.29, 1.82) is 0 Å². The van der Waals surface area contributed by atoms with Crippen molar-refractivity contribution in [2.45, 2.75) is 38.1 Å². The highest BCUT2D eigenvalue weighted by Crippen LogP contribution is 2.40. The smallest absolute Gasteiger partial charge is 0.250 e. The molecule has 0 radical (unpaired) electrons. The highest BCUT2D eigenvalue weighted by molar-refractivity contribution is 5.85. The van der Waals surface area contributed by atoms with E-state index in [0.717, 1.165) is 25.9 Å². The summed E-state index contributed by atoms with van der Waals surface area (Å²) in [6, 6.07) is 6.16. The molecule has 2 bridgehead atoms. The topological polar surface area (TPSA) is 34.0 Å². The summed E-state index contributed by atoms with van der Waals surface area (Å²) in [4.78, 5) is 12.1. The lowest BCUT2D eigenvalue weighted by molar-refractivity contribution is 0.185. The van der Waals surface area contributed by atoms with Gasteiger partial charge in [-0.2, -0.15) is 0 Å². The SMILES string of the molecule is CCC[C@H]1[C@@H]2CNC[C@@H](C2)c2cccc(=O)n21.Cl. The van der Waals surface area contributed by atoms with Gasteiger partial charge < -0.3 is 9.88 Å². The Labute approximate surface area is 114 Å². The summed E-state index contributed by atoms with van der Waals surface area (Å²) in [6.45, 7) is 4.30. The Bertz CT molecular complexity index is 471. The van der Waals surface area contributed by atoms with Crippen LogP contribution in [0.25, 0.3) is 0 Å². The first-order valence-electron chi connectivity index (χ1n) is 6.73. The minimum Gasteiger partial charge on any atom is -0.316 e. The number of nitrogens with zero attached hydrogens (tertiary/aromatic N) is 1. The van der Waals surface area contributed by atoms with Gasteiger partial charge in [-0.1, -0.05) is 19.4 Å². The van der Waals surface area contributed by atoms with E-state index in [1.807, 2.05) is 6.07 Å². The second-order valence-electron chi connectivity index (χ2n) is 5.37. The fourth-order valence-electron chi connectivity index (χ4n) is 3.57. The first-order valence-corrected chi connectivity index (χ1v) is 6.73. The maximum Gasteiger partial charge on any atom is 0.250 e. The molecule has 0 saturated carbocycles. The summed E-state index contributed by atoms with van der Waals surface area (Å²) in [5.74, 6) is 1.18. The monoisotopic (exact) mass is 268 g/mol. The summed E-state index contributed by atoms with van der Waals surface area (Å²) in [6.07, 6.45) is 3.52. The van der Waals surface area contributed by atoms with Gasteiger partial charge in [0, 0.05) is 30.3 Å². The Morgan fingerprint density at radius 3 is 3.00 bits per heavy atom. The normalized spacial score (nSPS) is 29.3. The number of halogens is 1. The largest absolute Gasteiger partial charge is 0.316 e. The van der Waals surface area contributed by atoms with Gasteiger partial charge in [-0.05, 0) is 31.4 Å². The molecule has 1 aromatic heterocycles. The zero-order valence-electron chi connectivity index (χ0n) is 10.8. The number of nitrogens with one attached hydrogen (secondary N) is 1. The highest BCUT2D eigenvalue weighted by atomic mass is 35.5. The zero-order valence-corrected chi connectivity index (χ0v) is 11.6. The Balaban J connectivity index is 0.00000120. The third kappa shape index (κ3) is 2.10. The van der Waals surface area contributed by atoms with Gasteiger partial charge in [-0.15, -0.1) is 12.4 Å². The fraction of sp³-hybridized carbons (Fsp3) is 0.643. The van der Waals surface area contributed by atoms with E-state index in [0.29, 0.717) is 17.9 Å². The summed E-state index contributed by atoms with van der Waals surface area (Å²) in [5.41, 5.74) is 1.44. The average molecular weight is 269 g/mol. The van der Waals surface area contributed by atoms with E-state index in [4.69, 9.17) is 0 Å². The second-order valence-corrected chi connectivity index (χ2v) is 5.37. The van der Waals surface area contributed by atoms with E-state index >= 15 is 0 Å². The molecule has 2 aliphatic heterocycles. The summed E-state index contributed by atoms with van der Waals surface area (Å²) in [5, 5.41) is 3.52. The molecule has 2 aliphatic rings. The van der Waals surface area contributed by atoms with Crippen LogP contribution >= 0.6 is 12.4 Å². The Kier molecular flexibility index (Phi) is 4.13. The summed E-state index contributed by atoms with van der Waals surface area (Å²) < 4.78 is 2.09. The lowest BCUT2D eigenvalue weighted by atomic mass is 9.78. The molecule has 0 unspecified atom stereocenters. The Hall–Kier alpha value is -0.800. The number of hydrogen-bond acceptors (Lipinski definition) is 2. The minimum absolute atomic E-state index is 0. The van der Waals surface area contributed by atoms with E-state index in [1.54, 1.807) is 6.07 Å². The van der Waals surface area contributed by atoms with Gasteiger partial charge in [0.1, 0.15) is 0 Å². The molecule has 3 nitrogen and oxygen atoms in total. The third-order valence-corrected chi connectivity index (χ3v) is 4.28.